The van der Waals surface area contributed by atoms with Gasteiger partial charge in [0.05, 0.1) is 0 Å². The smallest absolute Gasteiger partial charge is 0.0453 e. The van der Waals surface area contributed by atoms with Crippen molar-refractivity contribution in [2.24, 2.45) is 0 Å². The number of hydrogen-bond acceptors (Lipinski definition) is 2. The number of rotatable bonds is 10. The van der Waals surface area contributed by atoms with Gasteiger partial charge < -0.3 is 10.2 Å². The predicted molar refractivity (Wildman–Crippen MR) is 94.1 cm³/mol. The van der Waals surface area contributed by atoms with Gasteiger partial charge in [-0.15, -0.1) is 0 Å². The summed E-state index contributed by atoms with van der Waals surface area (Å²) in [5, 5.41) is 4.52. The van der Waals surface area contributed by atoms with Crippen LogP contribution in [0.4, 0.5) is 0 Å². The van der Waals surface area contributed by atoms with Crippen molar-refractivity contribution in [3.63, 3.8) is 0 Å². The topological polar surface area (TPSA) is 15.3 Å². The highest BCUT2D eigenvalue weighted by Crippen LogP contribution is 2.25. The maximum atomic E-state index is 6.38. The molecule has 0 aliphatic rings. The molecule has 21 heavy (non-hydrogen) atoms. The molecule has 0 bridgehead atoms. The standard InChI is InChI=1S/C18H31ClN2/c1-5-13-20-18(16-10-8-9-11-17(16)19)12-14-21(4)15(6-2)7-3/h8-11,15,18,20H,5-7,12-14H2,1-4H3. The first-order valence-electron chi connectivity index (χ1n) is 8.31. The van der Waals surface area contributed by atoms with Crippen molar-refractivity contribution in [2.75, 3.05) is 20.1 Å². The normalized spacial score (nSPS) is 13.1. The van der Waals surface area contributed by atoms with Gasteiger partial charge in [0.2, 0.25) is 0 Å². The second kappa shape index (κ2) is 10.2. The largest absolute Gasteiger partial charge is 0.310 e. The van der Waals surface area contributed by atoms with Crippen LogP contribution in [0.2, 0.25) is 5.02 Å². The first-order valence-corrected chi connectivity index (χ1v) is 8.69. The molecule has 0 fully saturated rings. The average Bonchev–Trinajstić information content (AvgIpc) is 2.49. The molecule has 1 aromatic rings. The van der Waals surface area contributed by atoms with Crippen LogP contribution in [0, 0.1) is 0 Å². The Labute approximate surface area is 135 Å². The van der Waals surface area contributed by atoms with Crippen LogP contribution in [-0.4, -0.2) is 31.1 Å². The number of nitrogens with zero attached hydrogens (tertiary/aromatic N) is 1. The van der Waals surface area contributed by atoms with Crippen molar-refractivity contribution < 1.29 is 0 Å². The lowest BCUT2D eigenvalue weighted by atomic mass is 10.0. The first kappa shape index (κ1) is 18.5. The van der Waals surface area contributed by atoms with Crippen LogP contribution in [-0.2, 0) is 0 Å². The third-order valence-electron chi connectivity index (χ3n) is 4.26. The Balaban J connectivity index is 2.69. The fourth-order valence-corrected chi connectivity index (χ4v) is 3.14. The summed E-state index contributed by atoms with van der Waals surface area (Å²) in [4.78, 5) is 2.48. The van der Waals surface area contributed by atoms with Crippen molar-refractivity contribution in [1.82, 2.24) is 10.2 Å². The summed E-state index contributed by atoms with van der Waals surface area (Å²) in [6.07, 6.45) is 4.67. The molecule has 1 aromatic carbocycles. The van der Waals surface area contributed by atoms with Gasteiger partial charge in [-0.05, 0) is 57.5 Å². The zero-order valence-corrected chi connectivity index (χ0v) is 14.8. The molecule has 0 aromatic heterocycles. The summed E-state index contributed by atoms with van der Waals surface area (Å²) in [6.45, 7) is 8.87. The Kier molecular flexibility index (Phi) is 8.98. The van der Waals surface area contributed by atoms with Crippen LogP contribution in [0.5, 0.6) is 0 Å². The molecule has 1 N–H and O–H groups in total. The van der Waals surface area contributed by atoms with E-state index in [1.807, 2.05) is 12.1 Å². The fourth-order valence-electron chi connectivity index (χ4n) is 2.87. The van der Waals surface area contributed by atoms with E-state index in [9.17, 15) is 0 Å². The molecule has 1 unspecified atom stereocenters. The summed E-state index contributed by atoms with van der Waals surface area (Å²) in [5.74, 6) is 0. The molecule has 0 saturated heterocycles. The van der Waals surface area contributed by atoms with Gasteiger partial charge in [0.25, 0.3) is 0 Å². The van der Waals surface area contributed by atoms with Crippen molar-refractivity contribution >= 4 is 11.6 Å². The average molecular weight is 311 g/mol. The molecule has 0 aliphatic carbocycles. The molecule has 0 amide bonds. The molecule has 2 nitrogen and oxygen atoms in total. The van der Waals surface area contributed by atoms with Gasteiger partial charge in [-0.1, -0.05) is 50.6 Å². The third kappa shape index (κ3) is 5.98. The minimum absolute atomic E-state index is 0.343. The number of benzene rings is 1. The zero-order chi connectivity index (χ0) is 15.7. The van der Waals surface area contributed by atoms with Gasteiger partial charge >= 0.3 is 0 Å². The summed E-state index contributed by atoms with van der Waals surface area (Å²) in [5.41, 5.74) is 1.23. The van der Waals surface area contributed by atoms with Gasteiger partial charge in [-0.2, -0.15) is 0 Å². The summed E-state index contributed by atoms with van der Waals surface area (Å²) in [6, 6.07) is 9.24. The predicted octanol–water partition coefficient (Wildman–Crippen LogP) is 4.89. The number of nitrogens with one attached hydrogen (secondary N) is 1. The number of halogens is 1. The van der Waals surface area contributed by atoms with E-state index in [1.54, 1.807) is 0 Å². The van der Waals surface area contributed by atoms with E-state index in [0.29, 0.717) is 12.1 Å². The second-order valence-electron chi connectivity index (χ2n) is 5.77. The molecule has 0 heterocycles. The van der Waals surface area contributed by atoms with Crippen molar-refractivity contribution in [1.29, 1.82) is 0 Å². The minimum atomic E-state index is 0.343. The van der Waals surface area contributed by atoms with E-state index in [1.165, 1.54) is 18.4 Å². The lowest BCUT2D eigenvalue weighted by molar-refractivity contribution is 0.217. The first-order chi connectivity index (χ1) is 10.1. The third-order valence-corrected chi connectivity index (χ3v) is 4.60. The highest BCUT2D eigenvalue weighted by Gasteiger charge is 2.16. The second-order valence-corrected chi connectivity index (χ2v) is 6.18. The Hall–Kier alpha value is -0.570. The Morgan fingerprint density at radius 3 is 2.38 bits per heavy atom. The molecule has 0 spiro atoms. The van der Waals surface area contributed by atoms with E-state index >= 15 is 0 Å². The van der Waals surface area contributed by atoms with Gasteiger partial charge in [0.1, 0.15) is 0 Å². The fraction of sp³-hybridized carbons (Fsp3) is 0.667. The van der Waals surface area contributed by atoms with Crippen molar-refractivity contribution in [3.05, 3.63) is 34.9 Å². The molecule has 0 radical (unpaired) electrons. The monoisotopic (exact) mass is 310 g/mol. The van der Waals surface area contributed by atoms with Gasteiger partial charge in [-0.3, -0.25) is 0 Å². The SMILES string of the molecule is CCCNC(CCN(C)C(CC)CC)c1ccccc1Cl. The van der Waals surface area contributed by atoms with Crippen molar-refractivity contribution in [3.8, 4) is 0 Å². The molecule has 1 rings (SSSR count). The van der Waals surface area contributed by atoms with Crippen LogP contribution in [0.25, 0.3) is 0 Å². The molecular formula is C18H31ClN2. The van der Waals surface area contributed by atoms with E-state index in [0.717, 1.165) is 31.0 Å². The summed E-state index contributed by atoms with van der Waals surface area (Å²) in [7, 11) is 2.24. The molecule has 0 saturated carbocycles. The van der Waals surface area contributed by atoms with E-state index in [4.69, 9.17) is 11.6 Å². The molecule has 3 heteroatoms. The lowest BCUT2D eigenvalue weighted by Crippen LogP contribution is -2.34. The molecule has 120 valence electrons. The van der Waals surface area contributed by atoms with Crippen LogP contribution < -0.4 is 5.32 Å². The Morgan fingerprint density at radius 2 is 1.81 bits per heavy atom. The maximum Gasteiger partial charge on any atom is 0.0453 e. The summed E-state index contributed by atoms with van der Waals surface area (Å²) < 4.78 is 0. The number of hydrogen-bond donors (Lipinski definition) is 1. The van der Waals surface area contributed by atoms with Gasteiger partial charge in [-0.25, -0.2) is 0 Å². The molecular weight excluding hydrogens is 280 g/mol. The molecule has 1 atom stereocenters. The van der Waals surface area contributed by atoms with E-state index in [-0.39, 0.29) is 0 Å². The zero-order valence-electron chi connectivity index (χ0n) is 14.0. The highest BCUT2D eigenvalue weighted by molar-refractivity contribution is 6.31. The van der Waals surface area contributed by atoms with Crippen LogP contribution in [0.3, 0.4) is 0 Å². The van der Waals surface area contributed by atoms with Crippen LogP contribution in [0.15, 0.2) is 24.3 Å². The van der Waals surface area contributed by atoms with E-state index < -0.39 is 0 Å². The van der Waals surface area contributed by atoms with Crippen LogP contribution >= 0.6 is 11.6 Å². The lowest BCUT2D eigenvalue weighted by Gasteiger charge is -2.29. The van der Waals surface area contributed by atoms with Gasteiger partial charge in [0.15, 0.2) is 0 Å². The van der Waals surface area contributed by atoms with E-state index in [2.05, 4.69) is 50.2 Å². The van der Waals surface area contributed by atoms with Gasteiger partial charge in [0, 0.05) is 17.1 Å². The summed E-state index contributed by atoms with van der Waals surface area (Å²) >= 11 is 6.38. The highest BCUT2D eigenvalue weighted by atomic mass is 35.5. The Bertz CT molecular complexity index is 391. The molecule has 0 aliphatic heterocycles. The van der Waals surface area contributed by atoms with Crippen LogP contribution in [0.1, 0.15) is 58.1 Å². The minimum Gasteiger partial charge on any atom is -0.310 e. The maximum absolute atomic E-state index is 6.38. The Morgan fingerprint density at radius 1 is 1.14 bits per heavy atom. The van der Waals surface area contributed by atoms with Crippen molar-refractivity contribution in [2.45, 2.75) is 58.5 Å². The quantitative estimate of drug-likeness (QED) is 0.662.